The van der Waals surface area contributed by atoms with E-state index in [-0.39, 0.29) is 11.5 Å². The van der Waals surface area contributed by atoms with E-state index in [1.165, 1.54) is 31.4 Å². The highest BCUT2D eigenvalue weighted by Gasteiger charge is 2.53. The molecule has 0 radical (unpaired) electrons. The lowest BCUT2D eigenvalue weighted by Crippen LogP contribution is -2.62. The summed E-state index contributed by atoms with van der Waals surface area (Å²) in [4.78, 5) is 24.6. The van der Waals surface area contributed by atoms with Crippen molar-refractivity contribution >= 4 is 18.0 Å². The largest absolute Gasteiger partial charge is 0.504 e. The molecule has 53 heavy (non-hydrogen) atoms. The lowest BCUT2D eigenvalue weighted by Gasteiger charge is -2.45. The summed E-state index contributed by atoms with van der Waals surface area (Å²) in [5.74, 6) is -1.66. The van der Waals surface area contributed by atoms with E-state index >= 15 is 0 Å². The van der Waals surface area contributed by atoms with Gasteiger partial charge in [0.25, 0.3) is 0 Å². The van der Waals surface area contributed by atoms with Gasteiger partial charge in [0.15, 0.2) is 42.8 Å². The Bertz CT molecular complexity index is 1410. The van der Waals surface area contributed by atoms with Gasteiger partial charge in [0.2, 0.25) is 0 Å². The van der Waals surface area contributed by atoms with Crippen molar-refractivity contribution in [2.45, 2.75) is 105 Å². The van der Waals surface area contributed by atoms with E-state index in [1.54, 1.807) is 0 Å². The van der Waals surface area contributed by atoms with Crippen molar-refractivity contribution in [2.75, 3.05) is 33.5 Å². The number of rotatable bonds is 12. The zero-order chi connectivity index (χ0) is 38.6. The maximum absolute atomic E-state index is 12.5. The van der Waals surface area contributed by atoms with Crippen molar-refractivity contribution in [2.24, 2.45) is 0 Å². The third kappa shape index (κ3) is 9.77. The van der Waals surface area contributed by atoms with Gasteiger partial charge in [0.1, 0.15) is 73.8 Å². The van der Waals surface area contributed by atoms with Crippen LogP contribution in [-0.4, -0.2) is 190 Å². The molecule has 9 N–H and O–H groups in total. The van der Waals surface area contributed by atoms with Gasteiger partial charge in [0.05, 0.1) is 26.9 Å². The van der Waals surface area contributed by atoms with E-state index in [2.05, 4.69) is 0 Å². The summed E-state index contributed by atoms with van der Waals surface area (Å²) in [6.07, 6.45) is -23.2. The number of methoxy groups -OCH3 is 1. The highest BCUT2D eigenvalue weighted by Crippen LogP contribution is 2.33. The number of carbonyl (C=O) groups is 2. The molecule has 4 heterocycles. The molecule has 21 nitrogen and oxygen atoms in total. The van der Waals surface area contributed by atoms with Crippen LogP contribution < -0.4 is 4.74 Å². The maximum atomic E-state index is 12.5. The van der Waals surface area contributed by atoms with Gasteiger partial charge in [-0.15, -0.1) is 0 Å². The van der Waals surface area contributed by atoms with Crippen LogP contribution in [0.15, 0.2) is 24.3 Å². The number of carbonyl (C=O) groups excluding carboxylic acids is 2. The monoisotopic (exact) mass is 764 g/mol. The highest BCUT2D eigenvalue weighted by molar-refractivity contribution is 5.87. The van der Waals surface area contributed by atoms with Crippen LogP contribution in [0.2, 0.25) is 0 Å². The summed E-state index contributed by atoms with van der Waals surface area (Å²) in [5, 5.41) is 92.9. The van der Waals surface area contributed by atoms with Crippen molar-refractivity contribution in [1.29, 1.82) is 0 Å². The second kappa shape index (κ2) is 18.0. The molecule has 0 aliphatic carbocycles. The molecule has 1 aromatic rings. The molecular formula is C32H44O21. The zero-order valence-corrected chi connectivity index (χ0v) is 28.4. The first kappa shape index (κ1) is 41.1. The molecule has 0 bridgehead atoms. The molecule has 0 aromatic heterocycles. The number of esters is 2. The van der Waals surface area contributed by atoms with Gasteiger partial charge >= 0.3 is 11.9 Å². The first-order chi connectivity index (χ1) is 25.2. The van der Waals surface area contributed by atoms with Crippen LogP contribution in [-0.2, 0) is 52.2 Å². The summed E-state index contributed by atoms with van der Waals surface area (Å²) in [6.45, 7) is -0.872. The number of aliphatic hydroxyl groups is 8. The third-order valence-corrected chi connectivity index (χ3v) is 8.83. The summed E-state index contributed by atoms with van der Waals surface area (Å²) < 4.78 is 54.7. The second-order valence-electron chi connectivity index (χ2n) is 12.6. The molecular weight excluding hydrogens is 720 g/mol. The van der Waals surface area contributed by atoms with Crippen LogP contribution in [0.1, 0.15) is 12.5 Å². The molecule has 0 spiro atoms. The molecule has 298 valence electrons. The number of hydrogen-bond acceptors (Lipinski definition) is 21. The molecule has 16 atom stereocenters. The summed E-state index contributed by atoms with van der Waals surface area (Å²) in [5.41, 5.74) is 0.488. The Balaban J connectivity index is 1.30. The predicted octanol–water partition coefficient (Wildman–Crippen LogP) is -4.64. The van der Waals surface area contributed by atoms with Crippen molar-refractivity contribution in [3.63, 3.8) is 0 Å². The standard InChI is InChI=1S/C32H44O21/c1-12(33)49-28-23(39)18(9-45-20(36)6-4-13-3-5-14(34)16(7-13)44-2)51-32(28)53-27-19(52-30-25(41)21(37)15(35)8-47-30)11-48-31(26(27)42)50-17-10-46-29(43)24(40)22(17)38/h3-7,15,17-19,21-32,34-35,37-43H,8-11H2,1-2H3. The van der Waals surface area contributed by atoms with Crippen molar-refractivity contribution in [3.05, 3.63) is 29.8 Å². The Morgan fingerprint density at radius 3 is 2.17 bits per heavy atom. The molecule has 0 amide bonds. The van der Waals surface area contributed by atoms with Gasteiger partial charge < -0.3 is 93.3 Å². The van der Waals surface area contributed by atoms with Crippen LogP contribution in [0, 0.1) is 0 Å². The van der Waals surface area contributed by atoms with Crippen LogP contribution in [0.4, 0.5) is 0 Å². The molecule has 0 saturated carbocycles. The van der Waals surface area contributed by atoms with Crippen LogP contribution >= 0.6 is 0 Å². The number of phenolic OH excluding ortho intramolecular Hbond substituents is 1. The number of phenols is 1. The van der Waals surface area contributed by atoms with Gasteiger partial charge in [-0.2, -0.15) is 0 Å². The molecule has 4 fully saturated rings. The van der Waals surface area contributed by atoms with Gasteiger partial charge in [-0.1, -0.05) is 6.07 Å². The fraction of sp³-hybridized carbons (Fsp3) is 0.688. The Morgan fingerprint density at radius 1 is 0.774 bits per heavy atom. The fourth-order valence-corrected chi connectivity index (χ4v) is 5.90. The Kier molecular flexibility index (Phi) is 14.0. The minimum Gasteiger partial charge on any atom is -0.504 e. The van der Waals surface area contributed by atoms with Crippen molar-refractivity contribution in [1.82, 2.24) is 0 Å². The zero-order valence-electron chi connectivity index (χ0n) is 28.4. The van der Waals surface area contributed by atoms with E-state index < -0.39 is 137 Å². The number of benzene rings is 1. The number of ether oxygens (including phenoxy) is 10. The van der Waals surface area contributed by atoms with Gasteiger partial charge in [0, 0.05) is 13.0 Å². The van der Waals surface area contributed by atoms with E-state index in [0.717, 1.165) is 13.0 Å². The average molecular weight is 765 g/mol. The Hall–Kier alpha value is -3.10. The van der Waals surface area contributed by atoms with E-state index in [0.29, 0.717) is 5.56 Å². The Labute approximate surface area is 301 Å². The van der Waals surface area contributed by atoms with E-state index in [1.807, 2.05) is 0 Å². The minimum absolute atomic E-state index is 0.107. The van der Waals surface area contributed by atoms with Gasteiger partial charge in [-0.05, 0) is 23.8 Å². The third-order valence-electron chi connectivity index (χ3n) is 8.83. The first-order valence-corrected chi connectivity index (χ1v) is 16.5. The SMILES string of the molecule is COc1cc(C=CC(=O)OCC2OC(OC3C(OC4OCC(O)C(O)C4O)COC(OC4COC(O)C(O)C4O)C3O)C(OC(C)=O)C2O)ccc1O. The van der Waals surface area contributed by atoms with Gasteiger partial charge in [-0.3, -0.25) is 4.79 Å². The first-order valence-electron chi connectivity index (χ1n) is 16.5. The predicted molar refractivity (Wildman–Crippen MR) is 167 cm³/mol. The molecule has 16 unspecified atom stereocenters. The average Bonchev–Trinajstić information content (AvgIpc) is 3.41. The van der Waals surface area contributed by atoms with Crippen LogP contribution in [0.5, 0.6) is 11.5 Å². The topological polar surface area (TPSA) is 309 Å². The molecule has 4 saturated heterocycles. The highest BCUT2D eigenvalue weighted by atomic mass is 16.8. The molecule has 1 aromatic carbocycles. The Morgan fingerprint density at radius 2 is 1.45 bits per heavy atom. The number of aromatic hydroxyl groups is 1. The molecule has 4 aliphatic rings. The molecule has 21 heteroatoms. The van der Waals surface area contributed by atoms with E-state index in [4.69, 9.17) is 47.4 Å². The van der Waals surface area contributed by atoms with Gasteiger partial charge in [-0.25, -0.2) is 4.79 Å². The lowest BCUT2D eigenvalue weighted by molar-refractivity contribution is -0.362. The summed E-state index contributed by atoms with van der Waals surface area (Å²) in [6, 6.07) is 4.35. The molecule has 5 rings (SSSR count). The van der Waals surface area contributed by atoms with Crippen LogP contribution in [0.25, 0.3) is 6.08 Å². The van der Waals surface area contributed by atoms with Crippen molar-refractivity contribution in [3.8, 4) is 11.5 Å². The van der Waals surface area contributed by atoms with E-state index in [9.17, 15) is 55.5 Å². The quantitative estimate of drug-likeness (QED) is 0.0714. The number of aliphatic hydroxyl groups excluding tert-OH is 8. The summed E-state index contributed by atoms with van der Waals surface area (Å²) in [7, 11) is 1.36. The second-order valence-corrected chi connectivity index (χ2v) is 12.6. The minimum atomic E-state index is -1.86. The fourth-order valence-electron chi connectivity index (χ4n) is 5.90. The maximum Gasteiger partial charge on any atom is 0.330 e. The van der Waals surface area contributed by atoms with Crippen molar-refractivity contribution < 1.29 is 103 Å². The van der Waals surface area contributed by atoms with Crippen LogP contribution in [0.3, 0.4) is 0 Å². The number of hydrogen-bond donors (Lipinski definition) is 9. The smallest absolute Gasteiger partial charge is 0.330 e. The summed E-state index contributed by atoms with van der Waals surface area (Å²) >= 11 is 0. The molecule has 4 aliphatic heterocycles. The lowest BCUT2D eigenvalue weighted by atomic mass is 10.0. The normalized spacial score (nSPS) is 40.6.